The molecule has 38 heavy (non-hydrogen) atoms. The number of rotatable bonds is 7. The van der Waals surface area contributed by atoms with E-state index in [9.17, 15) is 24.9 Å². The number of pyridine rings is 1. The predicted molar refractivity (Wildman–Crippen MR) is 140 cm³/mol. The van der Waals surface area contributed by atoms with Crippen LogP contribution >= 0.6 is 0 Å². The van der Waals surface area contributed by atoms with Gasteiger partial charge in [-0.25, -0.2) is 0 Å². The normalized spacial score (nSPS) is 39.0. The van der Waals surface area contributed by atoms with E-state index in [1.165, 1.54) is 5.57 Å². The number of allylic oxidation sites excluding steroid dienone is 2. The van der Waals surface area contributed by atoms with Crippen molar-refractivity contribution in [3.8, 4) is 0 Å². The number of hydrogen-bond donors (Lipinski definition) is 4. The number of fused-ring (bicyclic) bond motifs is 5. The van der Waals surface area contributed by atoms with Crippen LogP contribution in [-0.4, -0.2) is 62.6 Å². The first-order valence-electron chi connectivity index (χ1n) is 13.7. The minimum atomic E-state index is -1.58. The van der Waals surface area contributed by atoms with Crippen molar-refractivity contribution in [2.24, 2.45) is 33.7 Å². The van der Waals surface area contributed by atoms with Crippen molar-refractivity contribution in [3.63, 3.8) is 0 Å². The molecule has 7 atom stereocenters. The van der Waals surface area contributed by atoms with Crippen molar-refractivity contribution in [1.29, 1.82) is 0 Å². The molecule has 1 aromatic rings. The Morgan fingerprint density at radius 2 is 1.95 bits per heavy atom. The Morgan fingerprint density at radius 3 is 2.68 bits per heavy atom. The van der Waals surface area contributed by atoms with Crippen molar-refractivity contribution in [2.75, 3.05) is 13.2 Å². The van der Waals surface area contributed by atoms with E-state index in [1.807, 2.05) is 19.1 Å². The number of aliphatic hydroxyl groups excluding tert-OH is 2. The lowest BCUT2D eigenvalue weighted by atomic mass is 9.45. The molecular formula is C29H39N3O6. The van der Waals surface area contributed by atoms with Crippen molar-refractivity contribution in [2.45, 2.75) is 77.0 Å². The number of carbonyl (C=O) groups is 2. The molecule has 1 heterocycles. The van der Waals surface area contributed by atoms with Gasteiger partial charge in [0.25, 0.3) is 5.91 Å². The number of ketones is 1. The van der Waals surface area contributed by atoms with Crippen LogP contribution in [-0.2, 0) is 21.0 Å². The summed E-state index contributed by atoms with van der Waals surface area (Å²) in [6.45, 7) is 3.73. The molecule has 0 bridgehead atoms. The standard InChI is InChI=1S/C29H39N3O6/c1-27-9-5-20(32-38-17-25(36)31-15-18-7-11-30-12-8-18)13-19(27)3-4-21-22-6-10-29(37,24(35)16-33)28(22,2)14-23(34)26(21)27/h7-8,11-13,21-23,26,33-34,37H,3-6,9-10,14-17H2,1-2H3,(H,31,36)/t21?,22?,23?,26?,27-,28-,29-/m0/s1. The number of nitrogens with zero attached hydrogens (tertiary/aromatic N) is 2. The second kappa shape index (κ2) is 10.2. The third kappa shape index (κ3) is 4.38. The zero-order chi connectivity index (χ0) is 27.1. The zero-order valence-corrected chi connectivity index (χ0v) is 22.2. The van der Waals surface area contributed by atoms with Crippen molar-refractivity contribution in [1.82, 2.24) is 10.3 Å². The molecule has 4 N–H and O–H groups in total. The van der Waals surface area contributed by atoms with Gasteiger partial charge in [-0.15, -0.1) is 0 Å². The van der Waals surface area contributed by atoms with Crippen LogP contribution < -0.4 is 5.32 Å². The summed E-state index contributed by atoms with van der Waals surface area (Å²) < 4.78 is 0. The smallest absolute Gasteiger partial charge is 0.261 e. The first-order chi connectivity index (χ1) is 18.1. The van der Waals surface area contributed by atoms with Gasteiger partial charge in [0.2, 0.25) is 0 Å². The summed E-state index contributed by atoms with van der Waals surface area (Å²) in [6.07, 6.45) is 9.44. The number of amides is 1. The first kappa shape index (κ1) is 27.0. The minimum Gasteiger partial charge on any atom is -0.393 e. The van der Waals surface area contributed by atoms with Gasteiger partial charge < -0.3 is 25.5 Å². The van der Waals surface area contributed by atoms with Crippen LogP contribution in [0.25, 0.3) is 0 Å². The summed E-state index contributed by atoms with van der Waals surface area (Å²) in [4.78, 5) is 34.1. The molecule has 9 heteroatoms. The highest BCUT2D eigenvalue weighted by atomic mass is 16.6. The van der Waals surface area contributed by atoms with E-state index >= 15 is 0 Å². The monoisotopic (exact) mass is 525 g/mol. The second-order valence-corrected chi connectivity index (χ2v) is 12.1. The molecule has 0 aliphatic heterocycles. The van der Waals surface area contributed by atoms with E-state index in [1.54, 1.807) is 12.4 Å². The number of Topliss-reactive ketones (excluding diaryl/α,β-unsaturated/α-hetero) is 1. The maximum atomic E-state index is 12.6. The molecule has 4 aliphatic rings. The highest BCUT2D eigenvalue weighted by Gasteiger charge is 2.68. The Labute approximate surface area is 223 Å². The minimum absolute atomic E-state index is 0.0357. The number of hydrogen-bond acceptors (Lipinski definition) is 8. The average Bonchev–Trinajstić information content (AvgIpc) is 3.18. The maximum absolute atomic E-state index is 12.6. The average molecular weight is 526 g/mol. The van der Waals surface area contributed by atoms with Crippen LogP contribution in [0.2, 0.25) is 0 Å². The van der Waals surface area contributed by atoms with E-state index in [2.05, 4.69) is 28.5 Å². The van der Waals surface area contributed by atoms with Crippen LogP contribution in [0.3, 0.4) is 0 Å². The predicted octanol–water partition coefficient (Wildman–Crippen LogP) is 2.30. The third-order valence-corrected chi connectivity index (χ3v) is 10.3. The Balaban J connectivity index is 1.25. The molecule has 5 rings (SSSR count). The molecule has 1 amide bonds. The number of oxime groups is 1. The summed E-state index contributed by atoms with van der Waals surface area (Å²) in [7, 11) is 0. The van der Waals surface area contributed by atoms with Crippen LogP contribution in [0.1, 0.15) is 64.4 Å². The maximum Gasteiger partial charge on any atom is 0.261 e. The van der Waals surface area contributed by atoms with Gasteiger partial charge in [-0.3, -0.25) is 14.6 Å². The summed E-state index contributed by atoms with van der Waals surface area (Å²) in [5.41, 5.74) is 0.487. The third-order valence-electron chi connectivity index (χ3n) is 10.3. The highest BCUT2D eigenvalue weighted by molar-refractivity contribution is 5.96. The summed E-state index contributed by atoms with van der Waals surface area (Å²) in [6, 6.07) is 3.68. The van der Waals surface area contributed by atoms with Crippen molar-refractivity contribution in [3.05, 3.63) is 41.7 Å². The molecule has 9 nitrogen and oxygen atoms in total. The largest absolute Gasteiger partial charge is 0.393 e. The zero-order valence-electron chi connectivity index (χ0n) is 22.2. The van der Waals surface area contributed by atoms with E-state index in [0.717, 1.165) is 37.0 Å². The summed E-state index contributed by atoms with van der Waals surface area (Å²) in [5, 5.41) is 39.4. The van der Waals surface area contributed by atoms with Gasteiger partial charge in [0, 0.05) is 24.4 Å². The molecule has 206 valence electrons. The van der Waals surface area contributed by atoms with Crippen LogP contribution in [0.15, 0.2) is 41.3 Å². The van der Waals surface area contributed by atoms with Gasteiger partial charge in [-0.2, -0.15) is 0 Å². The molecule has 4 aliphatic carbocycles. The topological polar surface area (TPSA) is 141 Å². The lowest BCUT2D eigenvalue weighted by Crippen LogP contribution is -2.62. The highest BCUT2D eigenvalue weighted by Crippen LogP contribution is 2.67. The molecular weight excluding hydrogens is 486 g/mol. The molecule has 0 radical (unpaired) electrons. The fraction of sp³-hybridized carbons (Fsp3) is 0.655. The number of carbonyl (C=O) groups excluding carboxylic acids is 2. The molecule has 0 saturated heterocycles. The lowest BCUT2D eigenvalue weighted by molar-refractivity contribution is -0.181. The van der Waals surface area contributed by atoms with E-state index < -0.39 is 29.5 Å². The fourth-order valence-corrected chi connectivity index (χ4v) is 8.29. The molecule has 0 spiro atoms. The van der Waals surface area contributed by atoms with Crippen LogP contribution in [0, 0.1) is 28.6 Å². The Morgan fingerprint density at radius 1 is 1.18 bits per heavy atom. The summed E-state index contributed by atoms with van der Waals surface area (Å²) >= 11 is 0. The van der Waals surface area contributed by atoms with Gasteiger partial charge in [-0.1, -0.05) is 24.6 Å². The quantitative estimate of drug-likeness (QED) is 0.400. The Hall–Kier alpha value is -2.62. The molecule has 0 aromatic carbocycles. The van der Waals surface area contributed by atoms with Crippen LogP contribution in [0.5, 0.6) is 0 Å². The van der Waals surface area contributed by atoms with E-state index in [0.29, 0.717) is 25.8 Å². The number of aromatic nitrogens is 1. The number of nitrogens with one attached hydrogen (secondary N) is 1. The first-order valence-corrected chi connectivity index (χ1v) is 13.7. The van der Waals surface area contributed by atoms with Gasteiger partial charge >= 0.3 is 0 Å². The fourth-order valence-electron chi connectivity index (χ4n) is 8.29. The molecule has 4 unspecified atom stereocenters. The molecule has 1 aromatic heterocycles. The van der Waals surface area contributed by atoms with E-state index in [-0.39, 0.29) is 35.7 Å². The van der Waals surface area contributed by atoms with Gasteiger partial charge in [0.1, 0.15) is 12.2 Å². The lowest BCUT2D eigenvalue weighted by Gasteiger charge is -2.60. The van der Waals surface area contributed by atoms with Gasteiger partial charge in [0.15, 0.2) is 12.4 Å². The van der Waals surface area contributed by atoms with Crippen LogP contribution in [0.4, 0.5) is 0 Å². The molecule has 3 fully saturated rings. The number of aliphatic hydroxyl groups is 3. The van der Waals surface area contributed by atoms with Crippen molar-refractivity contribution >= 4 is 17.4 Å². The van der Waals surface area contributed by atoms with Gasteiger partial charge in [-0.05, 0) is 91.9 Å². The van der Waals surface area contributed by atoms with E-state index in [4.69, 9.17) is 4.84 Å². The summed E-state index contributed by atoms with van der Waals surface area (Å²) in [5.74, 6) is -0.414. The van der Waals surface area contributed by atoms with Crippen molar-refractivity contribution < 1.29 is 29.7 Å². The molecule has 3 saturated carbocycles. The van der Waals surface area contributed by atoms with Gasteiger partial charge in [0.05, 0.1) is 11.8 Å². The Kier molecular flexibility index (Phi) is 7.22. The second-order valence-electron chi connectivity index (χ2n) is 12.1. The SMILES string of the molecule is C[C@]12CCC(=NOCC(=O)NCc3ccncc3)C=C1CCC1C2C(O)C[C@@]2(C)C1CC[C@]2(O)C(=O)CO. The Bertz CT molecular complexity index is 1140.